The molecule has 15 heavy (non-hydrogen) atoms. The van der Waals surface area contributed by atoms with E-state index in [9.17, 15) is 5.11 Å². The molecule has 3 fully saturated rings. The summed E-state index contributed by atoms with van der Waals surface area (Å²) in [5.74, 6) is 0. The maximum Gasteiger partial charge on any atom is 0.0629 e. The number of nitrogens with one attached hydrogen (secondary N) is 1. The molecule has 2 aliphatic heterocycles. The molecule has 2 heterocycles. The van der Waals surface area contributed by atoms with Gasteiger partial charge in [0.25, 0.3) is 0 Å². The van der Waals surface area contributed by atoms with E-state index in [4.69, 9.17) is 0 Å². The summed E-state index contributed by atoms with van der Waals surface area (Å²) in [4.78, 5) is 2.59. The van der Waals surface area contributed by atoms with Gasteiger partial charge in [-0.2, -0.15) is 0 Å². The van der Waals surface area contributed by atoms with Gasteiger partial charge in [0.1, 0.15) is 0 Å². The third kappa shape index (κ3) is 1.71. The fraction of sp³-hybridized carbons (Fsp3) is 1.00. The van der Waals surface area contributed by atoms with E-state index >= 15 is 0 Å². The average molecular weight is 210 g/mol. The lowest BCUT2D eigenvalue weighted by molar-refractivity contribution is 0.0861. The standard InChI is InChI=1S/C12H22N2O/c15-9-12(13-10-4-5-10)6-8-14-7-2-1-3-11(12)14/h10-11,13,15H,1-9H2. The van der Waals surface area contributed by atoms with Crippen molar-refractivity contribution in [2.75, 3.05) is 19.7 Å². The van der Waals surface area contributed by atoms with Crippen molar-refractivity contribution in [1.82, 2.24) is 10.2 Å². The highest BCUT2D eigenvalue weighted by molar-refractivity contribution is 5.09. The fourth-order valence-electron chi connectivity index (χ4n) is 3.43. The highest BCUT2D eigenvalue weighted by Crippen LogP contribution is 2.37. The van der Waals surface area contributed by atoms with Gasteiger partial charge in [-0.15, -0.1) is 0 Å². The first-order valence-corrected chi connectivity index (χ1v) is 6.47. The Morgan fingerprint density at radius 3 is 2.80 bits per heavy atom. The Balaban J connectivity index is 1.75. The second-order valence-electron chi connectivity index (χ2n) is 5.53. The van der Waals surface area contributed by atoms with E-state index < -0.39 is 0 Å². The van der Waals surface area contributed by atoms with Crippen molar-refractivity contribution in [3.05, 3.63) is 0 Å². The zero-order valence-electron chi connectivity index (χ0n) is 9.41. The number of hydrogen-bond acceptors (Lipinski definition) is 3. The number of fused-ring (bicyclic) bond motifs is 1. The summed E-state index contributed by atoms with van der Waals surface area (Å²) >= 11 is 0. The summed E-state index contributed by atoms with van der Waals surface area (Å²) in [6.07, 6.45) is 7.74. The molecule has 2 saturated heterocycles. The molecule has 2 N–H and O–H groups in total. The molecule has 3 nitrogen and oxygen atoms in total. The van der Waals surface area contributed by atoms with Gasteiger partial charge in [-0.3, -0.25) is 4.90 Å². The van der Waals surface area contributed by atoms with Crippen LogP contribution in [0, 0.1) is 0 Å². The number of aliphatic hydroxyl groups excluding tert-OH is 1. The fourth-order valence-corrected chi connectivity index (χ4v) is 3.43. The molecule has 3 rings (SSSR count). The van der Waals surface area contributed by atoms with Crippen LogP contribution in [0.5, 0.6) is 0 Å². The van der Waals surface area contributed by atoms with Gasteiger partial charge in [-0.1, -0.05) is 6.42 Å². The molecule has 86 valence electrons. The van der Waals surface area contributed by atoms with Crippen molar-refractivity contribution in [2.24, 2.45) is 0 Å². The Morgan fingerprint density at radius 1 is 1.20 bits per heavy atom. The molecule has 0 radical (unpaired) electrons. The number of aliphatic hydroxyl groups is 1. The maximum atomic E-state index is 9.74. The summed E-state index contributed by atoms with van der Waals surface area (Å²) in [6.45, 7) is 2.76. The molecule has 1 aliphatic carbocycles. The average Bonchev–Trinajstić information content (AvgIpc) is 3.01. The second-order valence-corrected chi connectivity index (χ2v) is 5.53. The van der Waals surface area contributed by atoms with E-state index in [2.05, 4.69) is 10.2 Å². The predicted octanol–water partition coefficient (Wildman–Crippen LogP) is 0.728. The minimum Gasteiger partial charge on any atom is -0.394 e. The van der Waals surface area contributed by atoms with Crippen LogP contribution in [-0.2, 0) is 0 Å². The van der Waals surface area contributed by atoms with Crippen LogP contribution in [0.1, 0.15) is 38.5 Å². The lowest BCUT2D eigenvalue weighted by Gasteiger charge is -2.40. The largest absolute Gasteiger partial charge is 0.394 e. The molecule has 0 aromatic rings. The molecule has 1 saturated carbocycles. The van der Waals surface area contributed by atoms with E-state index in [1.54, 1.807) is 0 Å². The number of nitrogens with zero attached hydrogens (tertiary/aromatic N) is 1. The highest BCUT2D eigenvalue weighted by Gasteiger charge is 2.49. The highest BCUT2D eigenvalue weighted by atomic mass is 16.3. The maximum absolute atomic E-state index is 9.74. The van der Waals surface area contributed by atoms with Gasteiger partial charge in [-0.25, -0.2) is 0 Å². The van der Waals surface area contributed by atoms with Crippen LogP contribution in [0.2, 0.25) is 0 Å². The summed E-state index contributed by atoms with van der Waals surface area (Å²) < 4.78 is 0. The zero-order chi connectivity index (χ0) is 10.3. The molecular formula is C12H22N2O. The molecule has 3 heteroatoms. The molecule has 0 spiro atoms. The number of hydrogen-bond donors (Lipinski definition) is 2. The molecule has 0 bridgehead atoms. The molecular weight excluding hydrogens is 188 g/mol. The Morgan fingerprint density at radius 2 is 2.07 bits per heavy atom. The smallest absolute Gasteiger partial charge is 0.0629 e. The summed E-state index contributed by atoms with van der Waals surface area (Å²) in [6, 6.07) is 1.32. The van der Waals surface area contributed by atoms with Gasteiger partial charge in [0.15, 0.2) is 0 Å². The Labute approximate surface area is 91.8 Å². The molecule has 2 atom stereocenters. The lowest BCUT2D eigenvalue weighted by atomic mass is 9.86. The van der Waals surface area contributed by atoms with Gasteiger partial charge in [0.2, 0.25) is 0 Å². The van der Waals surface area contributed by atoms with Gasteiger partial charge in [0.05, 0.1) is 12.1 Å². The van der Waals surface area contributed by atoms with Crippen LogP contribution >= 0.6 is 0 Å². The van der Waals surface area contributed by atoms with Crippen molar-refractivity contribution >= 4 is 0 Å². The van der Waals surface area contributed by atoms with E-state index in [1.165, 1.54) is 45.2 Å². The zero-order valence-corrected chi connectivity index (χ0v) is 9.41. The minimum absolute atomic E-state index is 0.0432. The topological polar surface area (TPSA) is 35.5 Å². The first-order valence-electron chi connectivity index (χ1n) is 6.47. The first-order chi connectivity index (χ1) is 7.34. The van der Waals surface area contributed by atoms with Crippen molar-refractivity contribution in [1.29, 1.82) is 0 Å². The summed E-state index contributed by atoms with van der Waals surface area (Å²) in [5, 5.41) is 13.5. The second kappa shape index (κ2) is 3.72. The van der Waals surface area contributed by atoms with Crippen molar-refractivity contribution < 1.29 is 5.11 Å². The van der Waals surface area contributed by atoms with E-state index in [0.29, 0.717) is 18.7 Å². The molecule has 3 aliphatic rings. The van der Waals surface area contributed by atoms with Crippen LogP contribution in [0.25, 0.3) is 0 Å². The minimum atomic E-state index is 0.0432. The van der Waals surface area contributed by atoms with Crippen molar-refractivity contribution in [3.8, 4) is 0 Å². The third-order valence-corrected chi connectivity index (χ3v) is 4.45. The van der Waals surface area contributed by atoms with E-state index in [-0.39, 0.29) is 5.54 Å². The van der Waals surface area contributed by atoms with Gasteiger partial charge < -0.3 is 10.4 Å². The van der Waals surface area contributed by atoms with Crippen LogP contribution in [0.4, 0.5) is 0 Å². The van der Waals surface area contributed by atoms with Crippen molar-refractivity contribution in [3.63, 3.8) is 0 Å². The Kier molecular flexibility index (Phi) is 2.49. The monoisotopic (exact) mass is 210 g/mol. The summed E-state index contributed by atoms with van der Waals surface area (Å²) in [7, 11) is 0. The van der Waals surface area contributed by atoms with Crippen LogP contribution in [0.3, 0.4) is 0 Å². The van der Waals surface area contributed by atoms with Crippen LogP contribution in [0.15, 0.2) is 0 Å². The van der Waals surface area contributed by atoms with Crippen LogP contribution in [-0.4, -0.2) is 47.3 Å². The normalized spacial score (nSPS) is 41.8. The first kappa shape index (κ1) is 10.1. The van der Waals surface area contributed by atoms with E-state index in [0.717, 1.165) is 6.42 Å². The lowest BCUT2D eigenvalue weighted by Crippen LogP contribution is -2.59. The molecule has 0 aromatic carbocycles. The summed E-state index contributed by atoms with van der Waals surface area (Å²) in [5.41, 5.74) is 0.0432. The number of piperidine rings is 1. The van der Waals surface area contributed by atoms with E-state index in [1.807, 2.05) is 0 Å². The van der Waals surface area contributed by atoms with Gasteiger partial charge in [-0.05, 0) is 38.6 Å². The molecule has 2 unspecified atom stereocenters. The number of rotatable bonds is 3. The van der Waals surface area contributed by atoms with Gasteiger partial charge >= 0.3 is 0 Å². The van der Waals surface area contributed by atoms with Crippen LogP contribution < -0.4 is 5.32 Å². The molecule has 0 aromatic heterocycles. The quantitative estimate of drug-likeness (QED) is 0.721. The van der Waals surface area contributed by atoms with Crippen molar-refractivity contribution in [2.45, 2.75) is 56.1 Å². The SMILES string of the molecule is OCC1(NC2CC2)CCN2CCCCC21. The Hall–Kier alpha value is -0.120. The predicted molar refractivity (Wildman–Crippen MR) is 59.8 cm³/mol. The molecule has 0 amide bonds. The third-order valence-electron chi connectivity index (χ3n) is 4.45. The Bertz CT molecular complexity index is 242. The van der Waals surface area contributed by atoms with Gasteiger partial charge in [0, 0.05) is 18.6 Å².